The summed E-state index contributed by atoms with van der Waals surface area (Å²) < 4.78 is 5.45. The molecule has 0 bridgehead atoms. The Morgan fingerprint density at radius 2 is 2.12 bits per heavy atom. The molecule has 0 unspecified atom stereocenters. The highest BCUT2D eigenvalue weighted by atomic mass is 16.5. The van der Waals surface area contributed by atoms with E-state index in [9.17, 15) is 9.70 Å². The molecule has 0 saturated carbocycles. The van der Waals surface area contributed by atoms with Crippen molar-refractivity contribution in [2.45, 2.75) is 25.4 Å². The van der Waals surface area contributed by atoms with Gasteiger partial charge in [-0.05, 0) is 47.0 Å². The second kappa shape index (κ2) is 7.44. The molecule has 1 aliphatic rings. The van der Waals surface area contributed by atoms with Crippen LogP contribution in [0, 0.1) is 4.91 Å². The molecule has 0 aromatic heterocycles. The van der Waals surface area contributed by atoms with Crippen LogP contribution in [0.4, 0.5) is 5.69 Å². The van der Waals surface area contributed by atoms with Crippen LogP contribution in [0.5, 0.6) is 5.75 Å². The van der Waals surface area contributed by atoms with Gasteiger partial charge < -0.3 is 15.4 Å². The monoisotopic (exact) mass is 339 g/mol. The van der Waals surface area contributed by atoms with E-state index in [0.717, 1.165) is 23.1 Å². The van der Waals surface area contributed by atoms with Crippen molar-refractivity contribution >= 4 is 11.6 Å². The lowest BCUT2D eigenvalue weighted by molar-refractivity contribution is -0.129. The van der Waals surface area contributed by atoms with Gasteiger partial charge in [-0.1, -0.05) is 18.2 Å². The molecule has 1 amide bonds. The fourth-order valence-electron chi connectivity index (χ4n) is 3.26. The van der Waals surface area contributed by atoms with Crippen LogP contribution in [0.1, 0.15) is 18.4 Å². The van der Waals surface area contributed by atoms with Gasteiger partial charge in [-0.2, -0.15) is 0 Å². The average molecular weight is 339 g/mol. The number of nitrogens with two attached hydrogens (primary N) is 1. The Morgan fingerprint density at radius 1 is 1.28 bits per heavy atom. The normalized spacial score (nSPS) is 17.0. The molecule has 6 nitrogen and oxygen atoms in total. The summed E-state index contributed by atoms with van der Waals surface area (Å²) in [6, 6.07) is 13.0. The smallest absolute Gasteiger partial charge is 0.223 e. The SMILES string of the molecule is COc1ccc(CN2C(=O)CC[C@H]2CN)cc1-c1cccc(N=O)c1. The number of hydrogen-bond acceptors (Lipinski definition) is 5. The van der Waals surface area contributed by atoms with Crippen molar-refractivity contribution in [1.82, 2.24) is 4.90 Å². The van der Waals surface area contributed by atoms with Gasteiger partial charge in [-0.3, -0.25) is 4.79 Å². The summed E-state index contributed by atoms with van der Waals surface area (Å²) in [6.07, 6.45) is 1.36. The quantitative estimate of drug-likeness (QED) is 0.819. The molecule has 0 aliphatic carbocycles. The molecule has 130 valence electrons. The van der Waals surface area contributed by atoms with Crippen LogP contribution in [0.25, 0.3) is 11.1 Å². The van der Waals surface area contributed by atoms with E-state index < -0.39 is 0 Å². The Balaban J connectivity index is 1.94. The van der Waals surface area contributed by atoms with Crippen LogP contribution in [-0.2, 0) is 11.3 Å². The minimum absolute atomic E-state index is 0.0978. The van der Waals surface area contributed by atoms with Gasteiger partial charge >= 0.3 is 0 Å². The first-order chi connectivity index (χ1) is 12.2. The number of rotatable bonds is 6. The maximum Gasteiger partial charge on any atom is 0.223 e. The number of benzene rings is 2. The summed E-state index contributed by atoms with van der Waals surface area (Å²) in [6.45, 7) is 0.991. The lowest BCUT2D eigenvalue weighted by Crippen LogP contribution is -2.37. The largest absolute Gasteiger partial charge is 0.496 e. The molecule has 0 spiro atoms. The standard InChI is InChI=1S/C19H21N3O3/c1-25-18-7-5-13(12-22-16(11-20)6-8-19(22)23)9-17(18)14-3-2-4-15(10-14)21-24/h2-5,7,9-10,16H,6,8,11-12,20H2,1H3/t16-/m0/s1. The number of nitroso groups, excluding NO2 is 1. The Kier molecular flexibility index (Phi) is 5.09. The zero-order valence-corrected chi connectivity index (χ0v) is 14.1. The predicted octanol–water partition coefficient (Wildman–Crippen LogP) is 3.21. The Hall–Kier alpha value is -2.73. The average Bonchev–Trinajstić information content (AvgIpc) is 3.01. The maximum atomic E-state index is 12.1. The van der Waals surface area contributed by atoms with Crippen molar-refractivity contribution in [3.05, 3.63) is 52.9 Å². The van der Waals surface area contributed by atoms with Crippen LogP contribution in [0.3, 0.4) is 0 Å². The van der Waals surface area contributed by atoms with Crippen LogP contribution >= 0.6 is 0 Å². The fraction of sp³-hybridized carbons (Fsp3) is 0.316. The number of carbonyl (C=O) groups excluding carboxylic acids is 1. The van der Waals surface area contributed by atoms with Crippen molar-refractivity contribution in [3.8, 4) is 16.9 Å². The number of amides is 1. The molecule has 3 rings (SSSR count). The highest BCUT2D eigenvalue weighted by Crippen LogP contribution is 2.33. The molecular formula is C19H21N3O3. The summed E-state index contributed by atoms with van der Waals surface area (Å²) >= 11 is 0. The highest BCUT2D eigenvalue weighted by Gasteiger charge is 2.29. The van der Waals surface area contributed by atoms with E-state index in [0.29, 0.717) is 30.9 Å². The summed E-state index contributed by atoms with van der Waals surface area (Å²) in [7, 11) is 1.61. The van der Waals surface area contributed by atoms with E-state index in [4.69, 9.17) is 10.5 Å². The molecule has 1 aliphatic heterocycles. The van der Waals surface area contributed by atoms with Crippen LogP contribution in [-0.4, -0.2) is 30.5 Å². The molecule has 2 aromatic carbocycles. The van der Waals surface area contributed by atoms with E-state index >= 15 is 0 Å². The highest BCUT2D eigenvalue weighted by molar-refractivity contribution is 5.79. The Labute approximate surface area is 146 Å². The summed E-state index contributed by atoms with van der Waals surface area (Å²) in [5.74, 6) is 0.842. The van der Waals surface area contributed by atoms with Gasteiger partial charge in [0.15, 0.2) is 0 Å². The molecule has 1 fully saturated rings. The fourth-order valence-corrected chi connectivity index (χ4v) is 3.26. The third-order valence-corrected chi connectivity index (χ3v) is 4.60. The predicted molar refractivity (Wildman–Crippen MR) is 96.5 cm³/mol. The van der Waals surface area contributed by atoms with E-state index in [2.05, 4.69) is 5.18 Å². The molecule has 1 heterocycles. The van der Waals surface area contributed by atoms with Crippen molar-refractivity contribution in [2.75, 3.05) is 13.7 Å². The lowest BCUT2D eigenvalue weighted by Gasteiger charge is -2.24. The zero-order chi connectivity index (χ0) is 17.8. The number of methoxy groups -OCH3 is 1. The van der Waals surface area contributed by atoms with E-state index in [1.54, 1.807) is 25.3 Å². The first-order valence-electron chi connectivity index (χ1n) is 8.26. The van der Waals surface area contributed by atoms with Gasteiger partial charge in [-0.15, -0.1) is 4.91 Å². The van der Waals surface area contributed by atoms with Crippen molar-refractivity contribution in [1.29, 1.82) is 0 Å². The Morgan fingerprint density at radius 3 is 2.84 bits per heavy atom. The number of nitrogens with zero attached hydrogens (tertiary/aromatic N) is 2. The van der Waals surface area contributed by atoms with Gasteiger partial charge in [0.2, 0.25) is 5.91 Å². The first-order valence-corrected chi connectivity index (χ1v) is 8.26. The van der Waals surface area contributed by atoms with Gasteiger partial charge in [-0.25, -0.2) is 0 Å². The van der Waals surface area contributed by atoms with E-state index in [1.807, 2.05) is 29.2 Å². The van der Waals surface area contributed by atoms with Crippen LogP contribution in [0.15, 0.2) is 47.6 Å². The second-order valence-electron chi connectivity index (χ2n) is 6.13. The van der Waals surface area contributed by atoms with Gasteiger partial charge in [0, 0.05) is 31.1 Å². The lowest BCUT2D eigenvalue weighted by atomic mass is 10.0. The minimum Gasteiger partial charge on any atom is -0.496 e. The third kappa shape index (κ3) is 3.53. The van der Waals surface area contributed by atoms with Crippen LogP contribution in [0.2, 0.25) is 0 Å². The molecule has 6 heteroatoms. The van der Waals surface area contributed by atoms with Gasteiger partial charge in [0.1, 0.15) is 11.4 Å². The second-order valence-corrected chi connectivity index (χ2v) is 6.13. The summed E-state index contributed by atoms with van der Waals surface area (Å²) in [5, 5.41) is 2.99. The molecule has 2 N–H and O–H groups in total. The van der Waals surface area contributed by atoms with E-state index in [-0.39, 0.29) is 11.9 Å². The van der Waals surface area contributed by atoms with Gasteiger partial charge in [0.25, 0.3) is 0 Å². The van der Waals surface area contributed by atoms with Gasteiger partial charge in [0.05, 0.1) is 7.11 Å². The van der Waals surface area contributed by atoms with Crippen LogP contribution < -0.4 is 10.5 Å². The van der Waals surface area contributed by atoms with Crippen molar-refractivity contribution < 1.29 is 9.53 Å². The minimum atomic E-state index is 0.0978. The molecular weight excluding hydrogens is 318 g/mol. The topological polar surface area (TPSA) is 85.0 Å². The zero-order valence-electron chi connectivity index (χ0n) is 14.1. The number of ether oxygens (including phenoxy) is 1. The Bertz CT molecular complexity index is 791. The summed E-state index contributed by atoms with van der Waals surface area (Å²) in [5.41, 5.74) is 8.85. The molecule has 0 radical (unpaired) electrons. The molecule has 2 aromatic rings. The van der Waals surface area contributed by atoms with Crippen molar-refractivity contribution in [2.24, 2.45) is 10.9 Å². The number of carbonyl (C=O) groups is 1. The summed E-state index contributed by atoms with van der Waals surface area (Å²) in [4.78, 5) is 24.8. The molecule has 1 saturated heterocycles. The number of hydrogen-bond donors (Lipinski definition) is 1. The molecule has 25 heavy (non-hydrogen) atoms. The number of likely N-dealkylation sites (tertiary alicyclic amines) is 1. The third-order valence-electron chi connectivity index (χ3n) is 4.60. The van der Waals surface area contributed by atoms with E-state index in [1.165, 1.54) is 0 Å². The molecule has 1 atom stereocenters. The van der Waals surface area contributed by atoms with Crippen molar-refractivity contribution in [3.63, 3.8) is 0 Å². The first kappa shape index (κ1) is 17.1. The maximum absolute atomic E-state index is 12.1.